The van der Waals surface area contributed by atoms with E-state index in [-0.39, 0.29) is 24.2 Å². The molecule has 1 aliphatic rings. The van der Waals surface area contributed by atoms with E-state index in [9.17, 15) is 14.4 Å². The second kappa shape index (κ2) is 6.39. The summed E-state index contributed by atoms with van der Waals surface area (Å²) in [6.45, 7) is 2.51. The highest BCUT2D eigenvalue weighted by Crippen LogP contribution is 2.20. The number of nitrogens with zero attached hydrogens (tertiary/aromatic N) is 1. The Bertz CT molecular complexity index is 553. The largest absolute Gasteiger partial charge is 0.481 e. The fourth-order valence-electron chi connectivity index (χ4n) is 2.42. The Morgan fingerprint density at radius 3 is 2.52 bits per heavy atom. The van der Waals surface area contributed by atoms with Gasteiger partial charge in [-0.05, 0) is 43.5 Å². The van der Waals surface area contributed by atoms with Crippen molar-refractivity contribution in [2.45, 2.75) is 19.8 Å². The van der Waals surface area contributed by atoms with Gasteiger partial charge in [-0.25, -0.2) is 4.79 Å². The van der Waals surface area contributed by atoms with Gasteiger partial charge in [0, 0.05) is 30.8 Å². The van der Waals surface area contributed by atoms with Crippen molar-refractivity contribution >= 4 is 23.5 Å². The van der Waals surface area contributed by atoms with Gasteiger partial charge in [0.15, 0.2) is 5.78 Å². The van der Waals surface area contributed by atoms with Crippen molar-refractivity contribution in [3.05, 3.63) is 29.8 Å². The molecule has 0 radical (unpaired) electrons. The smallest absolute Gasteiger partial charge is 0.321 e. The van der Waals surface area contributed by atoms with Gasteiger partial charge >= 0.3 is 12.0 Å². The van der Waals surface area contributed by atoms with Crippen LogP contribution in [0.3, 0.4) is 0 Å². The zero-order chi connectivity index (χ0) is 15.4. The number of nitrogens with one attached hydrogen (secondary N) is 1. The van der Waals surface area contributed by atoms with Crippen LogP contribution in [0, 0.1) is 5.92 Å². The highest BCUT2D eigenvalue weighted by Gasteiger charge is 2.27. The Morgan fingerprint density at radius 1 is 1.29 bits per heavy atom. The summed E-state index contributed by atoms with van der Waals surface area (Å²) < 4.78 is 0. The van der Waals surface area contributed by atoms with Gasteiger partial charge in [0.2, 0.25) is 0 Å². The predicted octanol–water partition coefficient (Wildman–Crippen LogP) is 2.22. The molecule has 0 spiro atoms. The number of carboxylic acid groups (broad SMARTS) is 1. The molecule has 0 aromatic heterocycles. The number of benzene rings is 1. The highest BCUT2D eigenvalue weighted by atomic mass is 16.4. The molecule has 0 saturated carbocycles. The molecule has 1 aromatic carbocycles. The van der Waals surface area contributed by atoms with E-state index in [0.717, 1.165) is 0 Å². The summed E-state index contributed by atoms with van der Waals surface area (Å²) in [5.74, 6) is -0.834. The number of carboxylic acids is 1. The van der Waals surface area contributed by atoms with Gasteiger partial charge in [0.25, 0.3) is 0 Å². The molecule has 1 aromatic rings. The summed E-state index contributed by atoms with van der Waals surface area (Å²) in [6, 6.07) is 6.45. The quantitative estimate of drug-likeness (QED) is 0.832. The van der Waals surface area contributed by atoms with E-state index in [0.29, 0.717) is 30.8 Å². The van der Waals surface area contributed by atoms with Crippen molar-refractivity contribution in [3.63, 3.8) is 0 Å². The van der Waals surface area contributed by atoms with E-state index in [4.69, 9.17) is 5.11 Å². The van der Waals surface area contributed by atoms with E-state index in [1.165, 1.54) is 6.92 Å². The molecule has 1 saturated heterocycles. The number of likely N-dealkylation sites (tertiary alicyclic amines) is 1. The molecule has 1 fully saturated rings. The Labute approximate surface area is 122 Å². The molecule has 2 amide bonds. The molecule has 6 nitrogen and oxygen atoms in total. The number of amides is 2. The first-order valence-corrected chi connectivity index (χ1v) is 6.84. The summed E-state index contributed by atoms with van der Waals surface area (Å²) in [4.78, 5) is 35.5. The van der Waals surface area contributed by atoms with E-state index < -0.39 is 5.97 Å². The van der Waals surface area contributed by atoms with Crippen LogP contribution in [0.2, 0.25) is 0 Å². The average molecular weight is 290 g/mol. The van der Waals surface area contributed by atoms with Gasteiger partial charge in [-0.15, -0.1) is 0 Å². The monoisotopic (exact) mass is 290 g/mol. The summed E-state index contributed by atoms with van der Waals surface area (Å²) in [5.41, 5.74) is 1.21. The number of anilines is 1. The van der Waals surface area contributed by atoms with Crippen molar-refractivity contribution < 1.29 is 19.5 Å². The third-order valence-electron chi connectivity index (χ3n) is 3.58. The van der Waals surface area contributed by atoms with Crippen molar-refractivity contribution in [2.24, 2.45) is 5.92 Å². The summed E-state index contributed by atoms with van der Waals surface area (Å²) >= 11 is 0. The molecule has 1 atom stereocenters. The third-order valence-corrected chi connectivity index (χ3v) is 3.58. The Kier molecular flexibility index (Phi) is 4.57. The molecule has 21 heavy (non-hydrogen) atoms. The van der Waals surface area contributed by atoms with Gasteiger partial charge < -0.3 is 15.3 Å². The van der Waals surface area contributed by atoms with Gasteiger partial charge in [-0.2, -0.15) is 0 Å². The first-order valence-electron chi connectivity index (χ1n) is 6.84. The van der Waals surface area contributed by atoms with Crippen LogP contribution >= 0.6 is 0 Å². The molecular weight excluding hydrogens is 272 g/mol. The lowest BCUT2D eigenvalue weighted by molar-refractivity contribution is -0.138. The van der Waals surface area contributed by atoms with Gasteiger partial charge in [0.05, 0.1) is 0 Å². The number of Topliss-reactive ketones (excluding diaryl/α,β-unsaturated/α-hetero) is 1. The van der Waals surface area contributed by atoms with E-state index in [2.05, 4.69) is 5.32 Å². The predicted molar refractivity (Wildman–Crippen MR) is 77.4 cm³/mol. The maximum absolute atomic E-state index is 12.1. The molecule has 6 heteroatoms. The number of aliphatic carboxylic acids is 1. The van der Waals surface area contributed by atoms with Crippen molar-refractivity contribution in [2.75, 3.05) is 18.4 Å². The topological polar surface area (TPSA) is 86.7 Å². The van der Waals surface area contributed by atoms with Crippen LogP contribution in [0.4, 0.5) is 10.5 Å². The molecule has 0 bridgehead atoms. The number of urea groups is 1. The Morgan fingerprint density at radius 2 is 1.95 bits per heavy atom. The van der Waals surface area contributed by atoms with Crippen LogP contribution in [0.5, 0.6) is 0 Å². The van der Waals surface area contributed by atoms with Crippen molar-refractivity contribution in [3.8, 4) is 0 Å². The van der Waals surface area contributed by atoms with Crippen molar-refractivity contribution in [1.82, 2.24) is 4.90 Å². The molecule has 1 unspecified atom stereocenters. The molecule has 1 aliphatic heterocycles. The van der Waals surface area contributed by atoms with E-state index in [1.807, 2.05) is 0 Å². The van der Waals surface area contributed by atoms with Crippen LogP contribution in [0.25, 0.3) is 0 Å². The minimum atomic E-state index is -0.831. The van der Waals surface area contributed by atoms with E-state index >= 15 is 0 Å². The molecule has 2 rings (SSSR count). The van der Waals surface area contributed by atoms with Gasteiger partial charge in [-0.3, -0.25) is 9.59 Å². The number of ketones is 1. The average Bonchev–Trinajstić information content (AvgIpc) is 2.87. The normalized spacial score (nSPS) is 17.6. The molecule has 2 N–H and O–H groups in total. The summed E-state index contributed by atoms with van der Waals surface area (Å²) in [6.07, 6.45) is 0.806. The number of carbonyl (C=O) groups is 3. The summed E-state index contributed by atoms with van der Waals surface area (Å²) in [7, 11) is 0. The molecule has 1 heterocycles. The number of rotatable bonds is 4. The first-order chi connectivity index (χ1) is 9.95. The van der Waals surface area contributed by atoms with Crippen LogP contribution in [-0.2, 0) is 4.79 Å². The minimum absolute atomic E-state index is 0.0216. The van der Waals surface area contributed by atoms with Crippen LogP contribution < -0.4 is 5.32 Å². The molecule has 112 valence electrons. The zero-order valence-electron chi connectivity index (χ0n) is 11.8. The first kappa shape index (κ1) is 15.0. The second-order valence-electron chi connectivity index (χ2n) is 5.26. The molecular formula is C15H18N2O4. The van der Waals surface area contributed by atoms with Crippen molar-refractivity contribution in [1.29, 1.82) is 0 Å². The summed E-state index contributed by atoms with van der Waals surface area (Å²) in [5, 5.41) is 11.5. The van der Waals surface area contributed by atoms with Gasteiger partial charge in [-0.1, -0.05) is 0 Å². The maximum Gasteiger partial charge on any atom is 0.321 e. The third kappa shape index (κ3) is 4.05. The standard InChI is InChI=1S/C15H18N2O4/c1-10(18)12-2-4-13(5-3-12)16-15(21)17-7-6-11(9-17)8-14(19)20/h2-5,11H,6-9H2,1H3,(H,16,21)(H,19,20). The van der Waals surface area contributed by atoms with Crippen LogP contribution in [0.15, 0.2) is 24.3 Å². The lowest BCUT2D eigenvalue weighted by Gasteiger charge is -2.17. The lowest BCUT2D eigenvalue weighted by atomic mass is 10.1. The Balaban J connectivity index is 1.90. The fourth-order valence-corrected chi connectivity index (χ4v) is 2.42. The van der Waals surface area contributed by atoms with Gasteiger partial charge in [0.1, 0.15) is 0 Å². The Hall–Kier alpha value is -2.37. The van der Waals surface area contributed by atoms with E-state index in [1.54, 1.807) is 29.2 Å². The van der Waals surface area contributed by atoms with Crippen LogP contribution in [0.1, 0.15) is 30.1 Å². The maximum atomic E-state index is 12.1. The number of carbonyl (C=O) groups excluding carboxylic acids is 2. The number of hydrogen-bond acceptors (Lipinski definition) is 3. The van der Waals surface area contributed by atoms with Crippen LogP contribution in [-0.4, -0.2) is 40.9 Å². The SMILES string of the molecule is CC(=O)c1ccc(NC(=O)N2CCC(CC(=O)O)C2)cc1. The zero-order valence-corrected chi connectivity index (χ0v) is 11.8. The minimum Gasteiger partial charge on any atom is -0.481 e. The fraction of sp³-hybridized carbons (Fsp3) is 0.400. The number of hydrogen-bond donors (Lipinski definition) is 2. The highest BCUT2D eigenvalue weighted by molar-refractivity contribution is 5.95. The molecule has 0 aliphatic carbocycles. The second-order valence-corrected chi connectivity index (χ2v) is 5.26. The lowest BCUT2D eigenvalue weighted by Crippen LogP contribution is -2.33.